The van der Waals surface area contributed by atoms with E-state index in [0.29, 0.717) is 16.7 Å². The maximum Gasteiger partial charge on any atom is 0.334 e. The lowest BCUT2D eigenvalue weighted by molar-refractivity contribution is -0.142. The number of hydrazine groups is 1. The summed E-state index contributed by atoms with van der Waals surface area (Å²) in [5, 5.41) is 55.6. The summed E-state index contributed by atoms with van der Waals surface area (Å²) in [5.41, 5.74) is 23.8. The number of primary amides is 2. The Hall–Kier alpha value is -10.0. The molecule has 1 aliphatic heterocycles. The van der Waals surface area contributed by atoms with Crippen LogP contribution in [-0.4, -0.2) is 184 Å². The number of aromatic nitrogens is 1. The highest BCUT2D eigenvalue weighted by atomic mass is 16.3. The topological polar surface area (TPSA) is 490 Å². The van der Waals surface area contributed by atoms with Crippen LogP contribution in [-0.2, 0) is 62.4 Å². The second-order valence-electron chi connectivity index (χ2n) is 22.5. The molecular weight excluding hydrogens is 1180 g/mol. The Kier molecular flexibility index (Phi) is 27.8. The van der Waals surface area contributed by atoms with E-state index in [4.69, 9.17) is 17.2 Å². The average Bonchev–Trinajstić information content (AvgIpc) is 1.91. The molecule has 0 unspecified atom stereocenters. The molecule has 3 aromatic carbocycles. The number of aromatic hydroxyl groups is 1. The molecule has 0 saturated carbocycles. The van der Waals surface area contributed by atoms with Crippen LogP contribution in [0.1, 0.15) is 82.9 Å². The van der Waals surface area contributed by atoms with Crippen molar-refractivity contribution in [3.63, 3.8) is 0 Å². The van der Waals surface area contributed by atoms with Gasteiger partial charge in [0.1, 0.15) is 54.1 Å². The van der Waals surface area contributed by atoms with Crippen molar-refractivity contribution in [2.45, 2.75) is 146 Å². The van der Waals surface area contributed by atoms with Gasteiger partial charge in [-0.3, -0.25) is 53.6 Å². The number of amides is 13. The highest BCUT2D eigenvalue weighted by molar-refractivity contribution is 5.98. The summed E-state index contributed by atoms with van der Waals surface area (Å²) >= 11 is 0. The normalized spacial score (nSPS) is 16.4. The Balaban J connectivity index is 1.30. The van der Waals surface area contributed by atoms with Gasteiger partial charge in [0.25, 0.3) is 5.91 Å². The minimum Gasteiger partial charge on any atom is -0.508 e. The molecule has 1 aliphatic rings. The lowest BCUT2D eigenvalue weighted by Crippen LogP contribution is -2.62. The summed E-state index contributed by atoms with van der Waals surface area (Å²) in [4.78, 5) is 157. The summed E-state index contributed by atoms with van der Waals surface area (Å²) in [6, 6.07) is 8.20. The quantitative estimate of drug-likeness (QED) is 0.0101. The first-order valence-electron chi connectivity index (χ1n) is 29.7. The number of aliphatic imine (C=N–C) groups is 1. The Bertz CT molecular complexity index is 3200. The van der Waals surface area contributed by atoms with Gasteiger partial charge in [-0.1, -0.05) is 74.5 Å². The summed E-state index contributed by atoms with van der Waals surface area (Å²) in [5.74, 6) is -7.92. The molecule has 2 heterocycles. The molecule has 31 heteroatoms. The van der Waals surface area contributed by atoms with Gasteiger partial charge in [0, 0.05) is 76.4 Å². The fourth-order valence-electron chi connectivity index (χ4n) is 10.1. The largest absolute Gasteiger partial charge is 0.508 e. The molecule has 0 bridgehead atoms. The van der Waals surface area contributed by atoms with Crippen molar-refractivity contribution < 1.29 is 68.1 Å². The highest BCUT2D eigenvalue weighted by Gasteiger charge is 2.43. The third-order valence-corrected chi connectivity index (χ3v) is 14.7. The lowest BCUT2D eigenvalue weighted by Gasteiger charge is -2.30. The second-order valence-corrected chi connectivity index (χ2v) is 22.5. The summed E-state index contributed by atoms with van der Waals surface area (Å²) in [6.07, 6.45) is -1.63. The number of urea groups is 2. The molecule has 1 aromatic heterocycles. The number of nitrogens with zero attached hydrogens (tertiary/aromatic N) is 2. The van der Waals surface area contributed by atoms with Crippen LogP contribution in [0.4, 0.5) is 9.59 Å². The number of rotatable bonds is 32. The number of guanidine groups is 1. The third-order valence-electron chi connectivity index (χ3n) is 14.7. The van der Waals surface area contributed by atoms with E-state index in [9.17, 15) is 68.1 Å². The fourth-order valence-corrected chi connectivity index (χ4v) is 10.1. The number of likely N-dealkylation sites (tertiary alicyclic amines) is 1. The Morgan fingerprint density at radius 1 is 0.637 bits per heavy atom. The number of hydrogen-bond donors (Lipinski definition) is 18. The number of carbonyl (C=O) groups excluding carboxylic acids is 11. The van der Waals surface area contributed by atoms with Crippen molar-refractivity contribution in [3.05, 3.63) is 102 Å². The van der Waals surface area contributed by atoms with Gasteiger partial charge in [0.15, 0.2) is 5.96 Å². The van der Waals surface area contributed by atoms with Crippen LogP contribution in [0.3, 0.4) is 0 Å². The van der Waals surface area contributed by atoms with Gasteiger partial charge in [0.2, 0.25) is 47.3 Å². The number of β-amino-alcohol motifs (C(OH)–C–C–N with tert-alkyl or cyclic N) is 1. The standard InChI is InChI=1S/C60H85N17O14/c1-32(2)25-45(53(85)69-42(17-11-23-65-58(62)64-5)51(83)71-44(50(61)82)28-37-30-67-41-16-10-9-15-40(37)41)73-60(91)76-75-54(86)46(26-35-13-7-6-8-14-35)72-56(88)49(33(3)78)74-52(84)43(18-12-24-66-59(63)90)70-55(87)48-29-39(81)31-77(48)57(89)47(68-34(4)79)27-36-19-21-38(80)22-20-36/h6-10,13-16,19-22,30,32-33,39,42-49,67,78,80-81H,11-12,17-18,23-29,31H2,1-5H3,(H2,61,82)(H,68,79)(H,69,85)(H,70,87)(H,71,83)(H,72,88)(H,74,84)(H,75,86)(H3,62,64,65)(H3,63,66,90)(H2,73,76,91)/t33-,39-,42+,43+,44+,45+,46+,47-,48+,49+/m1/s1. The minimum atomic E-state index is -1.83. The molecule has 494 valence electrons. The van der Waals surface area contributed by atoms with Gasteiger partial charge in [0.05, 0.1) is 12.2 Å². The number of phenols is 1. The van der Waals surface area contributed by atoms with Crippen LogP contribution in [0, 0.1) is 5.92 Å². The van der Waals surface area contributed by atoms with Crippen LogP contribution in [0.25, 0.3) is 10.9 Å². The predicted molar refractivity (Wildman–Crippen MR) is 333 cm³/mol. The molecule has 0 aliphatic carbocycles. The summed E-state index contributed by atoms with van der Waals surface area (Å²) < 4.78 is 0. The second kappa shape index (κ2) is 35.2. The number of carbonyl (C=O) groups is 11. The van der Waals surface area contributed by atoms with Gasteiger partial charge in [-0.05, 0) is 79.8 Å². The molecule has 4 aromatic rings. The van der Waals surface area contributed by atoms with Gasteiger partial charge in [-0.25, -0.2) is 15.0 Å². The highest BCUT2D eigenvalue weighted by Crippen LogP contribution is 2.23. The first kappa shape index (κ1) is 71.7. The van der Waals surface area contributed by atoms with E-state index in [-0.39, 0.29) is 95.0 Å². The predicted octanol–water partition coefficient (Wildman–Crippen LogP) is -2.83. The van der Waals surface area contributed by atoms with E-state index in [2.05, 4.69) is 68.7 Å². The monoisotopic (exact) mass is 1270 g/mol. The summed E-state index contributed by atoms with van der Waals surface area (Å²) in [7, 11) is 1.48. The van der Waals surface area contributed by atoms with E-state index in [1.807, 2.05) is 24.3 Å². The molecule has 31 nitrogen and oxygen atoms in total. The van der Waals surface area contributed by atoms with E-state index < -0.39 is 126 Å². The van der Waals surface area contributed by atoms with E-state index >= 15 is 0 Å². The van der Waals surface area contributed by atoms with Crippen LogP contribution in [0.5, 0.6) is 5.75 Å². The minimum absolute atomic E-state index is 0.0106. The number of phenolic OH excluding ortho intramolecular Hbond substituents is 1. The molecule has 91 heavy (non-hydrogen) atoms. The molecule has 21 N–H and O–H groups in total. The molecule has 1 fully saturated rings. The van der Waals surface area contributed by atoms with Crippen LogP contribution in [0.15, 0.2) is 90.1 Å². The zero-order valence-electron chi connectivity index (χ0n) is 51.4. The number of benzene rings is 3. The zero-order chi connectivity index (χ0) is 66.9. The van der Waals surface area contributed by atoms with Crippen molar-refractivity contribution in [1.29, 1.82) is 0 Å². The van der Waals surface area contributed by atoms with E-state index in [1.165, 1.54) is 45.2 Å². The molecule has 0 spiro atoms. The van der Waals surface area contributed by atoms with E-state index in [1.54, 1.807) is 50.4 Å². The zero-order valence-corrected chi connectivity index (χ0v) is 51.4. The van der Waals surface area contributed by atoms with Crippen molar-refractivity contribution in [2.75, 3.05) is 26.7 Å². The number of aliphatic hydroxyl groups is 2. The van der Waals surface area contributed by atoms with Gasteiger partial charge in [-0.2, -0.15) is 0 Å². The van der Waals surface area contributed by atoms with Crippen LogP contribution in [0.2, 0.25) is 0 Å². The molecular formula is C60H85N17O14. The maximum absolute atomic E-state index is 14.3. The Morgan fingerprint density at radius 3 is 1.85 bits per heavy atom. The first-order valence-corrected chi connectivity index (χ1v) is 29.7. The van der Waals surface area contributed by atoms with Crippen LogP contribution >= 0.6 is 0 Å². The smallest absolute Gasteiger partial charge is 0.334 e. The SMILES string of the molecule is CN=C(N)NCCC[C@H](NC(=O)[C@H](CC(C)C)NC(=O)NNC(=O)[C@H](Cc1ccccc1)NC(=O)[C@@H](NC(=O)[C@H](CCCNC(N)=O)NC(=O)[C@@H]1C[C@@H](O)CN1C(=O)[C@@H](Cc1ccc(O)cc1)NC(C)=O)[C@@H](C)O)C(=O)N[C@@H](Cc1c[nH]c2ccccc12)C(N)=O. The number of aromatic amines is 1. The molecule has 5 rings (SSSR count). The lowest BCUT2D eigenvalue weighted by atomic mass is 10.0. The van der Waals surface area contributed by atoms with Crippen molar-refractivity contribution in [3.8, 4) is 5.75 Å². The molecule has 1 saturated heterocycles. The number of para-hydroxylation sites is 1. The maximum atomic E-state index is 14.3. The van der Waals surface area contributed by atoms with Gasteiger partial charge < -0.3 is 90.3 Å². The molecule has 10 atom stereocenters. The first-order chi connectivity index (χ1) is 43.2. The third kappa shape index (κ3) is 23.1. The number of H-pyrrole nitrogens is 1. The van der Waals surface area contributed by atoms with Crippen LogP contribution < -0.4 is 75.9 Å². The number of nitrogens with two attached hydrogens (primary N) is 3. The van der Waals surface area contributed by atoms with Crippen molar-refractivity contribution >= 4 is 82.1 Å². The van der Waals surface area contributed by atoms with Crippen molar-refractivity contribution in [1.82, 2.24) is 68.6 Å². The number of hydrogen-bond acceptors (Lipinski definition) is 15. The number of aliphatic hydroxyl groups excluding tert-OH is 2. The van der Waals surface area contributed by atoms with Gasteiger partial charge in [-0.15, -0.1) is 0 Å². The average molecular weight is 1270 g/mol. The number of nitrogens with one attached hydrogen (secondary N) is 12. The van der Waals surface area contributed by atoms with E-state index in [0.717, 1.165) is 15.8 Å². The Labute approximate surface area is 525 Å². The number of fused-ring (bicyclic) bond motifs is 1. The van der Waals surface area contributed by atoms with Crippen molar-refractivity contribution in [2.24, 2.45) is 28.1 Å². The Morgan fingerprint density at radius 2 is 1.22 bits per heavy atom. The summed E-state index contributed by atoms with van der Waals surface area (Å²) in [6.45, 7) is 5.73. The molecule has 13 amide bonds. The fraction of sp³-hybridized carbons (Fsp3) is 0.467. The van der Waals surface area contributed by atoms with Gasteiger partial charge >= 0.3 is 12.1 Å². The molecule has 0 radical (unpaired) electrons.